The number of carbonyl (C=O) groups is 4. The molecule has 0 spiro atoms. The SMILES string of the molecule is CCOC(=O)c1ccc(N2C(=O)CC(N(C(C)=O)C(C)CC)C2=O)cc1. The van der Waals surface area contributed by atoms with E-state index in [4.69, 9.17) is 4.74 Å². The van der Waals surface area contributed by atoms with Crippen LogP contribution >= 0.6 is 0 Å². The molecule has 7 nitrogen and oxygen atoms in total. The number of anilines is 1. The van der Waals surface area contributed by atoms with Gasteiger partial charge in [-0.05, 0) is 44.5 Å². The number of benzene rings is 1. The smallest absolute Gasteiger partial charge is 0.338 e. The summed E-state index contributed by atoms with van der Waals surface area (Å²) in [5.41, 5.74) is 0.722. The molecule has 140 valence electrons. The first-order valence-electron chi connectivity index (χ1n) is 8.74. The van der Waals surface area contributed by atoms with Gasteiger partial charge in [0.15, 0.2) is 0 Å². The number of hydrogen-bond acceptors (Lipinski definition) is 5. The molecular weight excluding hydrogens is 336 g/mol. The fourth-order valence-electron chi connectivity index (χ4n) is 3.10. The molecule has 1 aromatic rings. The van der Waals surface area contributed by atoms with Gasteiger partial charge in [0.2, 0.25) is 11.8 Å². The van der Waals surface area contributed by atoms with E-state index in [1.807, 2.05) is 13.8 Å². The van der Waals surface area contributed by atoms with Crippen molar-refractivity contribution in [3.8, 4) is 0 Å². The molecule has 0 N–H and O–H groups in total. The Hall–Kier alpha value is -2.70. The van der Waals surface area contributed by atoms with Gasteiger partial charge in [0.25, 0.3) is 5.91 Å². The normalized spacial score (nSPS) is 18.0. The molecule has 2 rings (SSSR count). The van der Waals surface area contributed by atoms with E-state index in [1.165, 1.54) is 36.1 Å². The summed E-state index contributed by atoms with van der Waals surface area (Å²) in [7, 11) is 0. The van der Waals surface area contributed by atoms with Gasteiger partial charge in [-0.2, -0.15) is 0 Å². The zero-order valence-corrected chi connectivity index (χ0v) is 15.5. The predicted molar refractivity (Wildman–Crippen MR) is 95.6 cm³/mol. The van der Waals surface area contributed by atoms with Crippen LogP contribution in [-0.4, -0.2) is 47.3 Å². The number of imide groups is 1. The summed E-state index contributed by atoms with van der Waals surface area (Å²) in [4.78, 5) is 51.5. The van der Waals surface area contributed by atoms with E-state index in [0.29, 0.717) is 17.7 Å². The molecule has 0 radical (unpaired) electrons. The lowest BCUT2D eigenvalue weighted by atomic mass is 10.1. The van der Waals surface area contributed by atoms with Crippen molar-refractivity contribution in [2.24, 2.45) is 0 Å². The monoisotopic (exact) mass is 360 g/mol. The average Bonchev–Trinajstić information content (AvgIpc) is 2.89. The number of carbonyl (C=O) groups excluding carboxylic acids is 4. The fraction of sp³-hybridized carbons (Fsp3) is 0.474. The van der Waals surface area contributed by atoms with Crippen molar-refractivity contribution in [1.29, 1.82) is 0 Å². The summed E-state index contributed by atoms with van der Waals surface area (Å²) in [6, 6.07) is 5.16. The van der Waals surface area contributed by atoms with Crippen LogP contribution in [0, 0.1) is 0 Å². The van der Waals surface area contributed by atoms with Gasteiger partial charge in [0.1, 0.15) is 6.04 Å². The maximum Gasteiger partial charge on any atom is 0.338 e. The molecule has 1 aliphatic heterocycles. The molecule has 0 saturated carbocycles. The van der Waals surface area contributed by atoms with Crippen molar-refractivity contribution in [1.82, 2.24) is 4.90 Å². The van der Waals surface area contributed by atoms with Gasteiger partial charge >= 0.3 is 5.97 Å². The molecule has 1 heterocycles. The molecule has 1 saturated heterocycles. The van der Waals surface area contributed by atoms with E-state index in [2.05, 4.69) is 0 Å². The van der Waals surface area contributed by atoms with E-state index in [-0.39, 0.29) is 30.9 Å². The quantitative estimate of drug-likeness (QED) is 0.573. The third kappa shape index (κ3) is 3.76. The first-order valence-corrected chi connectivity index (χ1v) is 8.74. The van der Waals surface area contributed by atoms with Crippen molar-refractivity contribution in [2.75, 3.05) is 11.5 Å². The van der Waals surface area contributed by atoms with Gasteiger partial charge < -0.3 is 9.64 Å². The van der Waals surface area contributed by atoms with Gasteiger partial charge in [-0.3, -0.25) is 14.4 Å². The molecule has 0 bridgehead atoms. The van der Waals surface area contributed by atoms with Crippen LogP contribution in [0.15, 0.2) is 24.3 Å². The molecule has 1 aliphatic rings. The summed E-state index contributed by atoms with van der Waals surface area (Å²) < 4.78 is 4.92. The van der Waals surface area contributed by atoms with Crippen molar-refractivity contribution in [3.63, 3.8) is 0 Å². The minimum absolute atomic E-state index is 0.0393. The molecule has 1 aromatic carbocycles. The molecule has 1 fully saturated rings. The van der Waals surface area contributed by atoms with Crippen LogP contribution < -0.4 is 4.90 Å². The highest BCUT2D eigenvalue weighted by molar-refractivity contribution is 6.23. The molecule has 0 aromatic heterocycles. The maximum atomic E-state index is 12.8. The Morgan fingerprint density at radius 1 is 1.23 bits per heavy atom. The lowest BCUT2D eigenvalue weighted by Gasteiger charge is -2.31. The van der Waals surface area contributed by atoms with Crippen LogP contribution in [0.25, 0.3) is 0 Å². The Kier molecular flexibility index (Phi) is 6.13. The minimum Gasteiger partial charge on any atom is -0.462 e. The van der Waals surface area contributed by atoms with Crippen molar-refractivity contribution in [3.05, 3.63) is 29.8 Å². The molecule has 3 amide bonds. The molecular formula is C19H24N2O5. The minimum atomic E-state index is -0.792. The third-order valence-electron chi connectivity index (χ3n) is 4.52. The van der Waals surface area contributed by atoms with Crippen molar-refractivity contribution in [2.45, 2.75) is 52.6 Å². The average molecular weight is 360 g/mol. The predicted octanol–water partition coefficient (Wildman–Crippen LogP) is 2.14. The number of hydrogen-bond donors (Lipinski definition) is 0. The molecule has 7 heteroatoms. The van der Waals surface area contributed by atoms with Gasteiger partial charge in [-0.1, -0.05) is 6.92 Å². The fourth-order valence-corrected chi connectivity index (χ4v) is 3.10. The Bertz CT molecular complexity index is 713. The summed E-state index contributed by atoms with van der Waals surface area (Å²) in [5.74, 6) is -1.48. The molecule has 26 heavy (non-hydrogen) atoms. The number of esters is 1. The molecule has 2 atom stereocenters. The number of rotatable bonds is 6. The van der Waals surface area contributed by atoms with E-state index in [9.17, 15) is 19.2 Å². The Morgan fingerprint density at radius 2 is 1.85 bits per heavy atom. The van der Waals surface area contributed by atoms with E-state index in [0.717, 1.165) is 4.90 Å². The van der Waals surface area contributed by atoms with Gasteiger partial charge in [0, 0.05) is 13.0 Å². The number of amides is 3. The van der Waals surface area contributed by atoms with Gasteiger partial charge in [0.05, 0.1) is 24.3 Å². The highest BCUT2D eigenvalue weighted by Crippen LogP contribution is 2.27. The third-order valence-corrected chi connectivity index (χ3v) is 4.52. The highest BCUT2D eigenvalue weighted by atomic mass is 16.5. The first kappa shape index (κ1) is 19.6. The van der Waals surface area contributed by atoms with Crippen LogP contribution in [0.3, 0.4) is 0 Å². The summed E-state index contributed by atoms with van der Waals surface area (Å²) >= 11 is 0. The summed E-state index contributed by atoms with van der Waals surface area (Å²) in [5, 5.41) is 0. The van der Waals surface area contributed by atoms with Gasteiger partial charge in [-0.25, -0.2) is 9.69 Å². The second-order valence-electron chi connectivity index (χ2n) is 6.24. The van der Waals surface area contributed by atoms with Gasteiger partial charge in [-0.15, -0.1) is 0 Å². The standard InChI is InChI=1S/C19H24N2O5/c1-5-12(3)20(13(4)22)16-11-17(23)21(18(16)24)15-9-7-14(8-10-15)19(25)26-6-2/h7-10,12,16H,5-6,11H2,1-4H3. The van der Waals surface area contributed by atoms with Crippen LogP contribution in [0.4, 0.5) is 5.69 Å². The Labute approximate surface area is 152 Å². The zero-order valence-electron chi connectivity index (χ0n) is 15.5. The topological polar surface area (TPSA) is 84.0 Å². The maximum absolute atomic E-state index is 12.8. The van der Waals surface area contributed by atoms with E-state index in [1.54, 1.807) is 6.92 Å². The Morgan fingerprint density at radius 3 is 2.35 bits per heavy atom. The first-order chi connectivity index (χ1) is 12.3. The van der Waals surface area contributed by atoms with E-state index >= 15 is 0 Å². The van der Waals surface area contributed by atoms with E-state index < -0.39 is 17.9 Å². The van der Waals surface area contributed by atoms with Crippen LogP contribution in [-0.2, 0) is 19.1 Å². The zero-order chi connectivity index (χ0) is 19.4. The molecule has 2 unspecified atom stereocenters. The lowest BCUT2D eigenvalue weighted by molar-refractivity contribution is -0.138. The van der Waals surface area contributed by atoms with Crippen LogP contribution in [0.2, 0.25) is 0 Å². The number of ether oxygens (including phenoxy) is 1. The summed E-state index contributed by atoms with van der Waals surface area (Å²) in [6.07, 6.45) is 0.647. The second-order valence-corrected chi connectivity index (χ2v) is 6.24. The Balaban J connectivity index is 2.26. The van der Waals surface area contributed by atoms with Crippen molar-refractivity contribution < 1.29 is 23.9 Å². The molecule has 0 aliphatic carbocycles. The van der Waals surface area contributed by atoms with Crippen LogP contribution in [0.1, 0.15) is 50.9 Å². The lowest BCUT2D eigenvalue weighted by Crippen LogP contribution is -2.48. The second kappa shape index (κ2) is 8.12. The van der Waals surface area contributed by atoms with Crippen LogP contribution in [0.5, 0.6) is 0 Å². The largest absolute Gasteiger partial charge is 0.462 e. The van der Waals surface area contributed by atoms with Crippen molar-refractivity contribution >= 4 is 29.4 Å². The highest BCUT2D eigenvalue weighted by Gasteiger charge is 2.44. The summed E-state index contributed by atoms with van der Waals surface area (Å²) in [6.45, 7) is 7.16. The number of nitrogens with zero attached hydrogens (tertiary/aromatic N) is 2.